The van der Waals surface area contributed by atoms with E-state index >= 15 is 0 Å². The van der Waals surface area contributed by atoms with Crippen LogP contribution in [-0.4, -0.2) is 29.6 Å². The number of rotatable bonds is 2. The maximum absolute atomic E-state index is 11.3. The van der Waals surface area contributed by atoms with Crippen molar-refractivity contribution in [2.45, 2.75) is 24.6 Å². The summed E-state index contributed by atoms with van der Waals surface area (Å²) in [4.78, 5) is 11.3. The first-order valence-corrected chi connectivity index (χ1v) is 7.20. The van der Waals surface area contributed by atoms with Gasteiger partial charge in [0.25, 0.3) is 5.91 Å². The lowest BCUT2D eigenvalue weighted by atomic mass is 10.1. The van der Waals surface area contributed by atoms with Crippen molar-refractivity contribution in [1.82, 2.24) is 0 Å². The van der Waals surface area contributed by atoms with Crippen LogP contribution in [0.2, 0.25) is 0 Å². The molecule has 2 unspecified atom stereocenters. The van der Waals surface area contributed by atoms with Crippen LogP contribution in [0.5, 0.6) is 5.75 Å². The number of hydrogen-bond acceptors (Lipinski definition) is 4. The Balaban J connectivity index is 1.73. The summed E-state index contributed by atoms with van der Waals surface area (Å²) >= 11 is 2.00. The predicted molar refractivity (Wildman–Crippen MR) is 74.5 cm³/mol. The summed E-state index contributed by atoms with van der Waals surface area (Å²) in [6.45, 7) is 2.36. The highest BCUT2D eigenvalue weighted by Crippen LogP contribution is 2.33. The number of ether oxygens (including phenoxy) is 1. The van der Waals surface area contributed by atoms with Gasteiger partial charge >= 0.3 is 0 Å². The van der Waals surface area contributed by atoms with Gasteiger partial charge in [-0.2, -0.15) is 11.8 Å². The van der Waals surface area contributed by atoms with E-state index in [1.807, 2.05) is 30.0 Å². The topological polar surface area (TPSA) is 50.4 Å². The van der Waals surface area contributed by atoms with Gasteiger partial charge in [-0.3, -0.25) is 4.79 Å². The molecular weight excluding hydrogens is 248 g/mol. The molecule has 3 rings (SSSR count). The number of carbonyl (C=O) groups excluding carboxylic acids is 1. The summed E-state index contributed by atoms with van der Waals surface area (Å²) in [5, 5.41) is 7.06. The molecule has 0 aliphatic carbocycles. The van der Waals surface area contributed by atoms with Crippen molar-refractivity contribution >= 4 is 29.0 Å². The monoisotopic (exact) mass is 264 g/mol. The molecule has 0 radical (unpaired) electrons. The summed E-state index contributed by atoms with van der Waals surface area (Å²) in [6, 6.07) is 6.37. The van der Waals surface area contributed by atoms with Crippen LogP contribution < -0.4 is 15.4 Å². The number of hydrogen-bond donors (Lipinski definition) is 2. The fraction of sp³-hybridized carbons (Fsp3) is 0.462. The highest BCUT2D eigenvalue weighted by molar-refractivity contribution is 8.00. The van der Waals surface area contributed by atoms with Crippen molar-refractivity contribution in [1.29, 1.82) is 0 Å². The number of anilines is 2. The lowest BCUT2D eigenvalue weighted by molar-refractivity contribution is -0.118. The number of benzene rings is 1. The maximum Gasteiger partial charge on any atom is 0.262 e. The van der Waals surface area contributed by atoms with Crippen LogP contribution >= 0.6 is 11.8 Å². The van der Waals surface area contributed by atoms with E-state index in [4.69, 9.17) is 4.74 Å². The third kappa shape index (κ3) is 2.41. The van der Waals surface area contributed by atoms with Gasteiger partial charge in [-0.15, -0.1) is 0 Å². The van der Waals surface area contributed by atoms with Crippen molar-refractivity contribution < 1.29 is 9.53 Å². The summed E-state index contributed by atoms with van der Waals surface area (Å²) < 4.78 is 5.33. The summed E-state index contributed by atoms with van der Waals surface area (Å²) in [5.41, 5.74) is 1.80. The fourth-order valence-electron chi connectivity index (χ4n) is 2.33. The Bertz CT molecular complexity index is 478. The van der Waals surface area contributed by atoms with Crippen LogP contribution in [0.4, 0.5) is 11.4 Å². The Hall–Kier alpha value is -1.36. The van der Waals surface area contributed by atoms with Gasteiger partial charge < -0.3 is 15.4 Å². The van der Waals surface area contributed by atoms with Crippen LogP contribution in [0.25, 0.3) is 0 Å². The van der Waals surface area contributed by atoms with Gasteiger partial charge in [0.05, 0.1) is 5.69 Å². The first kappa shape index (κ1) is 11.7. The summed E-state index contributed by atoms with van der Waals surface area (Å²) in [5.74, 6) is 1.79. The third-order valence-corrected chi connectivity index (χ3v) is 4.54. The summed E-state index contributed by atoms with van der Waals surface area (Å²) in [6.07, 6.45) is 1.19. The van der Waals surface area contributed by atoms with E-state index in [0.29, 0.717) is 6.04 Å². The number of thioether (sulfide) groups is 1. The molecule has 2 N–H and O–H groups in total. The SMILES string of the molecule is CC1CC(Nc2ccc3c(c2)NC(=O)CO3)CS1. The molecule has 1 aromatic rings. The molecule has 0 bridgehead atoms. The molecule has 0 saturated carbocycles. The molecule has 5 heteroatoms. The van der Waals surface area contributed by atoms with Gasteiger partial charge in [-0.1, -0.05) is 6.92 Å². The minimum absolute atomic E-state index is 0.0929. The van der Waals surface area contributed by atoms with E-state index in [1.165, 1.54) is 6.42 Å². The largest absolute Gasteiger partial charge is 0.482 e. The van der Waals surface area contributed by atoms with Crippen LogP contribution in [0.1, 0.15) is 13.3 Å². The van der Waals surface area contributed by atoms with Crippen molar-refractivity contribution in [2.75, 3.05) is 23.0 Å². The normalized spacial score (nSPS) is 26.2. The Morgan fingerprint density at radius 2 is 2.39 bits per heavy atom. The van der Waals surface area contributed by atoms with Gasteiger partial charge in [0, 0.05) is 22.7 Å². The highest BCUT2D eigenvalue weighted by Gasteiger charge is 2.22. The van der Waals surface area contributed by atoms with Gasteiger partial charge in [-0.25, -0.2) is 0 Å². The molecule has 1 aromatic carbocycles. The van der Waals surface area contributed by atoms with Crippen molar-refractivity contribution in [3.8, 4) is 5.75 Å². The molecule has 0 aromatic heterocycles. The van der Waals surface area contributed by atoms with Gasteiger partial charge in [-0.05, 0) is 24.6 Å². The second-order valence-electron chi connectivity index (χ2n) is 4.77. The van der Waals surface area contributed by atoms with Crippen LogP contribution in [0.15, 0.2) is 18.2 Å². The molecule has 2 atom stereocenters. The van der Waals surface area contributed by atoms with Crippen LogP contribution in [0, 0.1) is 0 Å². The van der Waals surface area contributed by atoms with E-state index in [-0.39, 0.29) is 12.5 Å². The van der Waals surface area contributed by atoms with Gasteiger partial charge in [0.15, 0.2) is 6.61 Å². The Kier molecular flexibility index (Phi) is 3.07. The molecule has 96 valence electrons. The van der Waals surface area contributed by atoms with Crippen LogP contribution in [-0.2, 0) is 4.79 Å². The second-order valence-corrected chi connectivity index (χ2v) is 6.24. The Morgan fingerprint density at radius 1 is 1.50 bits per heavy atom. The number of nitrogens with one attached hydrogen (secondary N) is 2. The highest BCUT2D eigenvalue weighted by atomic mass is 32.2. The molecule has 18 heavy (non-hydrogen) atoms. The van der Waals surface area contributed by atoms with E-state index < -0.39 is 0 Å². The molecule has 1 amide bonds. The minimum atomic E-state index is -0.0929. The first-order valence-electron chi connectivity index (χ1n) is 6.15. The van der Waals surface area contributed by atoms with Crippen molar-refractivity contribution in [3.05, 3.63) is 18.2 Å². The average Bonchev–Trinajstić information content (AvgIpc) is 2.74. The molecule has 0 spiro atoms. The molecular formula is C13H16N2O2S. The molecule has 2 heterocycles. The second kappa shape index (κ2) is 4.72. The fourth-order valence-corrected chi connectivity index (χ4v) is 3.48. The lowest BCUT2D eigenvalue weighted by Gasteiger charge is -2.20. The zero-order valence-corrected chi connectivity index (χ0v) is 11.0. The van der Waals surface area contributed by atoms with Crippen molar-refractivity contribution in [3.63, 3.8) is 0 Å². The number of carbonyl (C=O) groups is 1. The molecule has 4 nitrogen and oxygen atoms in total. The maximum atomic E-state index is 11.3. The van der Waals surface area contributed by atoms with Gasteiger partial charge in [0.1, 0.15) is 5.75 Å². The zero-order chi connectivity index (χ0) is 12.5. The minimum Gasteiger partial charge on any atom is -0.482 e. The molecule has 2 aliphatic heterocycles. The smallest absolute Gasteiger partial charge is 0.262 e. The molecule has 1 saturated heterocycles. The predicted octanol–water partition coefficient (Wildman–Crippen LogP) is 2.32. The molecule has 1 fully saturated rings. The summed E-state index contributed by atoms with van der Waals surface area (Å²) in [7, 11) is 0. The standard InChI is InChI=1S/C13H16N2O2S/c1-8-4-10(7-18-8)14-9-2-3-12-11(5-9)15-13(16)6-17-12/h2-3,5,8,10,14H,4,6-7H2,1H3,(H,15,16). The van der Waals surface area contributed by atoms with E-state index in [0.717, 1.165) is 28.1 Å². The quantitative estimate of drug-likeness (QED) is 0.860. The number of fused-ring (bicyclic) bond motifs is 1. The van der Waals surface area contributed by atoms with E-state index in [2.05, 4.69) is 17.6 Å². The zero-order valence-electron chi connectivity index (χ0n) is 10.2. The third-order valence-electron chi connectivity index (χ3n) is 3.18. The average molecular weight is 264 g/mol. The van der Waals surface area contributed by atoms with Gasteiger partial charge in [0.2, 0.25) is 0 Å². The lowest BCUT2D eigenvalue weighted by Crippen LogP contribution is -2.25. The Labute approximate surface area is 110 Å². The first-order chi connectivity index (χ1) is 8.70. The number of amides is 1. The Morgan fingerprint density at radius 3 is 3.17 bits per heavy atom. The van der Waals surface area contributed by atoms with Crippen molar-refractivity contribution in [2.24, 2.45) is 0 Å². The van der Waals surface area contributed by atoms with E-state index in [9.17, 15) is 4.79 Å². The van der Waals surface area contributed by atoms with E-state index in [1.54, 1.807) is 0 Å². The molecule has 2 aliphatic rings. The van der Waals surface area contributed by atoms with Crippen LogP contribution in [0.3, 0.4) is 0 Å².